The smallest absolute Gasteiger partial charge is 0.175 e. The van der Waals surface area contributed by atoms with E-state index in [4.69, 9.17) is 9.57 Å². The van der Waals surface area contributed by atoms with Crippen molar-refractivity contribution in [1.82, 2.24) is 0 Å². The largest absolute Gasteiger partial charge is 0.511 e. The van der Waals surface area contributed by atoms with Gasteiger partial charge in [0.2, 0.25) is 0 Å². The molecule has 1 N–H and O–H groups in total. The molecule has 32 heavy (non-hydrogen) atoms. The summed E-state index contributed by atoms with van der Waals surface area (Å²) in [7, 11) is -3.34. The lowest BCUT2D eigenvalue weighted by Gasteiger charge is -2.24. The van der Waals surface area contributed by atoms with Crippen LogP contribution < -0.4 is 4.74 Å². The van der Waals surface area contributed by atoms with Gasteiger partial charge in [0.15, 0.2) is 15.6 Å². The van der Waals surface area contributed by atoms with Gasteiger partial charge in [0.05, 0.1) is 16.2 Å². The first-order valence-corrected chi connectivity index (χ1v) is 12.3. The summed E-state index contributed by atoms with van der Waals surface area (Å²) in [6.45, 7) is 4.04. The van der Waals surface area contributed by atoms with Gasteiger partial charge < -0.3 is 14.7 Å². The first-order valence-electron chi connectivity index (χ1n) is 10.4. The molecule has 2 aromatic rings. The maximum Gasteiger partial charge on any atom is 0.175 e. The van der Waals surface area contributed by atoms with Crippen molar-refractivity contribution in [3.05, 3.63) is 65.4 Å². The van der Waals surface area contributed by atoms with Gasteiger partial charge in [-0.05, 0) is 55.2 Å². The molecule has 1 aliphatic rings. The molecule has 0 amide bonds. The molecule has 0 saturated carbocycles. The molecule has 0 bridgehead atoms. The first-order chi connectivity index (χ1) is 15.2. The summed E-state index contributed by atoms with van der Waals surface area (Å²) >= 11 is 0. The average Bonchev–Trinajstić information content (AvgIpc) is 2.75. The van der Waals surface area contributed by atoms with Crippen LogP contribution in [0.25, 0.3) is 0 Å². The molecule has 170 valence electrons. The average molecular weight is 458 g/mol. The van der Waals surface area contributed by atoms with Crippen molar-refractivity contribution in [3.63, 3.8) is 0 Å². The van der Waals surface area contributed by atoms with Crippen LogP contribution in [0.3, 0.4) is 0 Å². The van der Waals surface area contributed by atoms with Crippen LogP contribution in [-0.2, 0) is 19.5 Å². The summed E-state index contributed by atoms with van der Waals surface area (Å²) in [6, 6.07) is 13.5. The predicted molar refractivity (Wildman–Crippen MR) is 122 cm³/mol. The molecular weight excluding hydrogens is 430 g/mol. The summed E-state index contributed by atoms with van der Waals surface area (Å²) in [4.78, 5) is 18.1. The van der Waals surface area contributed by atoms with Crippen molar-refractivity contribution >= 4 is 21.3 Å². The maximum absolute atomic E-state index is 12.8. The lowest BCUT2D eigenvalue weighted by atomic mass is 9.81. The van der Waals surface area contributed by atoms with Gasteiger partial charge in [-0.3, -0.25) is 4.79 Å². The van der Waals surface area contributed by atoms with Crippen molar-refractivity contribution in [2.75, 3.05) is 12.9 Å². The normalized spacial score (nSPS) is 17.4. The topological polar surface area (TPSA) is 102 Å². The lowest BCUT2D eigenvalue weighted by molar-refractivity contribution is -0.116. The van der Waals surface area contributed by atoms with Crippen molar-refractivity contribution in [1.29, 1.82) is 0 Å². The van der Waals surface area contributed by atoms with Gasteiger partial charge in [-0.1, -0.05) is 30.3 Å². The highest BCUT2D eigenvalue weighted by Gasteiger charge is 2.31. The van der Waals surface area contributed by atoms with Gasteiger partial charge in [-0.25, -0.2) is 8.42 Å². The van der Waals surface area contributed by atoms with E-state index in [0.29, 0.717) is 36.7 Å². The molecule has 8 heteroatoms. The lowest BCUT2D eigenvalue weighted by Crippen LogP contribution is -2.23. The van der Waals surface area contributed by atoms with Crippen LogP contribution in [0.4, 0.5) is 0 Å². The standard InChI is InChI=1S/C24H27NO6S/c1-4-21(25-30-5-2)24-22(26)13-17(14-23(24)27)16-8-6-9-18(12-16)31-19-10-7-11-20(15-19)32(3,28)29/h6-12,15,17,26H,4-5,13-14H2,1-3H3. The number of aliphatic hydroxyl groups excluding tert-OH is 1. The molecule has 0 aliphatic heterocycles. The Morgan fingerprint density at radius 3 is 2.41 bits per heavy atom. The van der Waals surface area contributed by atoms with E-state index < -0.39 is 9.84 Å². The van der Waals surface area contributed by atoms with Crippen molar-refractivity contribution in [2.45, 2.75) is 43.9 Å². The second kappa shape index (κ2) is 9.99. The number of nitrogens with zero attached hydrogens (tertiary/aromatic N) is 1. The number of rotatable bonds is 8. The van der Waals surface area contributed by atoms with E-state index in [2.05, 4.69) is 5.16 Å². The van der Waals surface area contributed by atoms with Crippen molar-refractivity contribution in [2.24, 2.45) is 5.16 Å². The SMILES string of the molecule is CCON=C(CC)C1=C(O)CC(c2cccc(Oc3cccc(S(C)(=O)=O)c3)c2)CC1=O. The monoisotopic (exact) mass is 457 g/mol. The number of hydrogen-bond acceptors (Lipinski definition) is 7. The maximum atomic E-state index is 12.8. The molecule has 1 unspecified atom stereocenters. The minimum atomic E-state index is -3.34. The van der Waals surface area contributed by atoms with Crippen LogP contribution in [0.1, 0.15) is 44.6 Å². The third-order valence-corrected chi connectivity index (χ3v) is 6.28. The van der Waals surface area contributed by atoms with Crippen molar-refractivity contribution in [3.8, 4) is 11.5 Å². The number of carbonyl (C=O) groups excluding carboxylic acids is 1. The number of ether oxygens (including phenoxy) is 1. The number of Topliss-reactive ketones (excluding diaryl/α,β-unsaturated/α-hetero) is 1. The Kier molecular flexibility index (Phi) is 7.35. The Morgan fingerprint density at radius 2 is 1.78 bits per heavy atom. The number of hydrogen-bond donors (Lipinski definition) is 1. The summed E-state index contributed by atoms with van der Waals surface area (Å²) in [5.74, 6) is 0.545. The summed E-state index contributed by atoms with van der Waals surface area (Å²) in [5.41, 5.74) is 1.55. The molecule has 0 radical (unpaired) electrons. The Morgan fingerprint density at radius 1 is 1.09 bits per heavy atom. The molecule has 0 heterocycles. The second-order valence-corrected chi connectivity index (χ2v) is 9.60. The van der Waals surface area contributed by atoms with Gasteiger partial charge in [-0.15, -0.1) is 0 Å². The fraction of sp³-hybridized carbons (Fsp3) is 0.333. The predicted octanol–water partition coefficient (Wildman–Crippen LogP) is 4.94. The van der Waals surface area contributed by atoms with E-state index in [9.17, 15) is 18.3 Å². The Bertz CT molecular complexity index is 1170. The van der Waals surface area contributed by atoms with E-state index in [1.165, 1.54) is 12.1 Å². The van der Waals surface area contributed by atoms with Gasteiger partial charge >= 0.3 is 0 Å². The van der Waals surface area contributed by atoms with Gasteiger partial charge in [-0.2, -0.15) is 0 Å². The number of sulfone groups is 1. The molecule has 1 atom stereocenters. The van der Waals surface area contributed by atoms with E-state index >= 15 is 0 Å². The van der Waals surface area contributed by atoms with Crippen molar-refractivity contribution < 1.29 is 27.9 Å². The van der Waals surface area contributed by atoms with Crippen LogP contribution in [0, 0.1) is 0 Å². The number of carbonyl (C=O) groups is 1. The minimum absolute atomic E-state index is 0.0127. The molecule has 0 saturated heterocycles. The van der Waals surface area contributed by atoms with Gasteiger partial charge in [0.25, 0.3) is 0 Å². The fourth-order valence-corrected chi connectivity index (χ4v) is 4.28. The zero-order valence-electron chi connectivity index (χ0n) is 18.4. The quantitative estimate of drug-likeness (QED) is 0.445. The highest BCUT2D eigenvalue weighted by atomic mass is 32.2. The molecular formula is C24H27NO6S. The molecule has 7 nitrogen and oxygen atoms in total. The number of oxime groups is 1. The molecule has 3 rings (SSSR count). The second-order valence-electron chi connectivity index (χ2n) is 7.58. The third kappa shape index (κ3) is 5.56. The third-order valence-electron chi connectivity index (χ3n) is 5.17. The Balaban J connectivity index is 1.83. The van der Waals surface area contributed by atoms with Crippen LogP contribution >= 0.6 is 0 Å². The van der Waals surface area contributed by atoms with E-state index in [0.717, 1.165) is 11.8 Å². The van der Waals surface area contributed by atoms with Crippen LogP contribution in [-0.4, -0.2) is 37.9 Å². The van der Waals surface area contributed by atoms with Crippen LogP contribution in [0.5, 0.6) is 11.5 Å². The molecule has 0 fully saturated rings. The first kappa shape index (κ1) is 23.5. The number of benzene rings is 2. The Hall–Kier alpha value is -3.13. The van der Waals surface area contributed by atoms with E-state index in [-0.39, 0.29) is 34.3 Å². The number of aliphatic hydroxyl groups is 1. The van der Waals surface area contributed by atoms with Gasteiger partial charge in [0, 0.05) is 19.1 Å². The molecule has 2 aromatic carbocycles. The molecule has 1 aliphatic carbocycles. The molecule has 0 aromatic heterocycles. The molecule has 0 spiro atoms. The Labute approximate surface area is 188 Å². The fourth-order valence-electron chi connectivity index (χ4n) is 3.62. The summed E-state index contributed by atoms with van der Waals surface area (Å²) in [6.07, 6.45) is 2.16. The van der Waals surface area contributed by atoms with Crippen LogP contribution in [0.15, 0.2) is 69.9 Å². The highest BCUT2D eigenvalue weighted by molar-refractivity contribution is 7.90. The zero-order valence-corrected chi connectivity index (χ0v) is 19.2. The van der Waals surface area contributed by atoms with Gasteiger partial charge in [0.1, 0.15) is 23.9 Å². The zero-order chi connectivity index (χ0) is 23.3. The summed E-state index contributed by atoms with van der Waals surface area (Å²) < 4.78 is 29.4. The summed E-state index contributed by atoms with van der Waals surface area (Å²) in [5, 5.41) is 14.6. The van der Waals surface area contributed by atoms with E-state index in [1.807, 2.05) is 13.0 Å². The number of ketones is 1. The number of allylic oxidation sites excluding steroid dienone is 2. The minimum Gasteiger partial charge on any atom is -0.511 e. The highest BCUT2D eigenvalue weighted by Crippen LogP contribution is 2.36. The van der Waals surface area contributed by atoms with Crippen LogP contribution in [0.2, 0.25) is 0 Å². The van der Waals surface area contributed by atoms with E-state index in [1.54, 1.807) is 37.3 Å².